The van der Waals surface area contributed by atoms with Gasteiger partial charge in [-0.2, -0.15) is 0 Å². The van der Waals surface area contributed by atoms with Gasteiger partial charge in [0.05, 0.1) is 0 Å². The highest BCUT2D eigenvalue weighted by Gasteiger charge is 1.99. The molecule has 68 valence electrons. The molecule has 0 aliphatic rings. The van der Waals surface area contributed by atoms with Gasteiger partial charge in [0.15, 0.2) is 0 Å². The first-order chi connectivity index (χ1) is 5.31. The van der Waals surface area contributed by atoms with Gasteiger partial charge in [0, 0.05) is 12.6 Å². The molecule has 0 saturated carbocycles. The summed E-state index contributed by atoms with van der Waals surface area (Å²) in [4.78, 5) is 0. The highest BCUT2D eigenvalue weighted by molar-refractivity contribution is 4.63. The van der Waals surface area contributed by atoms with Crippen LogP contribution in [0, 0.1) is 0 Å². The summed E-state index contributed by atoms with van der Waals surface area (Å²) in [6, 6.07) is 0.307. The van der Waals surface area contributed by atoms with E-state index in [1.807, 2.05) is 0 Å². The van der Waals surface area contributed by atoms with Crippen molar-refractivity contribution in [2.45, 2.75) is 32.2 Å². The van der Waals surface area contributed by atoms with E-state index in [1.165, 1.54) is 0 Å². The quantitative estimate of drug-likeness (QED) is 0.460. The lowest BCUT2D eigenvalue weighted by molar-refractivity contribution is 0.528. The molecule has 0 fully saturated rings. The van der Waals surface area contributed by atoms with Crippen molar-refractivity contribution in [2.24, 2.45) is 11.5 Å². The fourth-order valence-electron chi connectivity index (χ4n) is 0.983. The molecule has 0 spiro atoms. The Morgan fingerprint density at radius 1 is 1.36 bits per heavy atom. The number of hydrogen-bond donors (Lipinski definition) is 3. The fraction of sp³-hybridized carbons (Fsp3) is 1.00. The highest BCUT2D eigenvalue weighted by atomic mass is 14.9. The Bertz CT molecular complexity index is 75.7. The van der Waals surface area contributed by atoms with Crippen LogP contribution in [0.25, 0.3) is 0 Å². The summed E-state index contributed by atoms with van der Waals surface area (Å²) in [5.41, 5.74) is 11.2. The van der Waals surface area contributed by atoms with Crippen molar-refractivity contribution < 1.29 is 0 Å². The van der Waals surface area contributed by atoms with Crippen LogP contribution in [-0.2, 0) is 0 Å². The molecule has 11 heavy (non-hydrogen) atoms. The van der Waals surface area contributed by atoms with Gasteiger partial charge in [0.25, 0.3) is 0 Å². The Labute approximate surface area is 69.5 Å². The molecular formula is C8H21N3. The second-order valence-electron chi connectivity index (χ2n) is 2.85. The molecule has 0 aromatic rings. The number of likely N-dealkylation sites (N-methyl/N-ethyl adjacent to an activating group) is 1. The van der Waals surface area contributed by atoms with Crippen molar-refractivity contribution in [3.05, 3.63) is 0 Å². The molecule has 0 aliphatic heterocycles. The lowest BCUT2D eigenvalue weighted by atomic mass is 10.1. The first-order valence-corrected chi connectivity index (χ1v) is 4.47. The monoisotopic (exact) mass is 159 g/mol. The second-order valence-corrected chi connectivity index (χ2v) is 2.85. The third-order valence-corrected chi connectivity index (χ3v) is 1.69. The van der Waals surface area contributed by atoms with Crippen molar-refractivity contribution in [2.75, 3.05) is 19.6 Å². The van der Waals surface area contributed by atoms with Gasteiger partial charge in [0.1, 0.15) is 0 Å². The Balaban J connectivity index is 3.02. The number of nitrogens with two attached hydrogens (primary N) is 2. The fourth-order valence-corrected chi connectivity index (χ4v) is 0.983. The molecular weight excluding hydrogens is 138 g/mol. The Hall–Kier alpha value is -0.120. The maximum absolute atomic E-state index is 5.80. The third kappa shape index (κ3) is 7.78. The van der Waals surface area contributed by atoms with Gasteiger partial charge in [-0.1, -0.05) is 13.3 Å². The van der Waals surface area contributed by atoms with E-state index in [0.717, 1.165) is 38.9 Å². The zero-order valence-electron chi connectivity index (χ0n) is 7.47. The largest absolute Gasteiger partial charge is 0.330 e. The molecule has 0 bridgehead atoms. The molecule has 0 aromatic carbocycles. The van der Waals surface area contributed by atoms with Gasteiger partial charge >= 0.3 is 0 Å². The predicted molar refractivity (Wildman–Crippen MR) is 49.4 cm³/mol. The summed E-state index contributed by atoms with van der Waals surface area (Å²) < 4.78 is 0. The van der Waals surface area contributed by atoms with Gasteiger partial charge in [-0.25, -0.2) is 0 Å². The molecule has 0 heterocycles. The molecule has 0 amide bonds. The van der Waals surface area contributed by atoms with Crippen LogP contribution < -0.4 is 16.8 Å². The molecule has 0 rings (SSSR count). The summed E-state index contributed by atoms with van der Waals surface area (Å²) in [5.74, 6) is 0. The van der Waals surface area contributed by atoms with Gasteiger partial charge in [0.2, 0.25) is 0 Å². The van der Waals surface area contributed by atoms with Crippen LogP contribution in [0.5, 0.6) is 0 Å². The molecule has 1 atom stereocenters. The zero-order valence-corrected chi connectivity index (χ0v) is 7.47. The second kappa shape index (κ2) is 7.98. The SMILES string of the molecule is CCNCC(N)CCCCN. The van der Waals surface area contributed by atoms with E-state index in [2.05, 4.69) is 12.2 Å². The van der Waals surface area contributed by atoms with E-state index in [1.54, 1.807) is 0 Å². The molecule has 3 heteroatoms. The molecule has 1 unspecified atom stereocenters. The lowest BCUT2D eigenvalue weighted by Gasteiger charge is -2.10. The molecule has 5 N–H and O–H groups in total. The minimum atomic E-state index is 0.307. The number of rotatable bonds is 7. The van der Waals surface area contributed by atoms with E-state index in [4.69, 9.17) is 11.5 Å². The molecule has 0 aromatic heterocycles. The van der Waals surface area contributed by atoms with Crippen LogP contribution in [0.1, 0.15) is 26.2 Å². The van der Waals surface area contributed by atoms with Crippen LogP contribution >= 0.6 is 0 Å². The van der Waals surface area contributed by atoms with Crippen LogP contribution in [-0.4, -0.2) is 25.7 Å². The van der Waals surface area contributed by atoms with E-state index in [9.17, 15) is 0 Å². The van der Waals surface area contributed by atoms with E-state index < -0.39 is 0 Å². The molecule has 0 radical (unpaired) electrons. The van der Waals surface area contributed by atoms with Crippen molar-refractivity contribution in [1.82, 2.24) is 5.32 Å². The van der Waals surface area contributed by atoms with Gasteiger partial charge in [-0.15, -0.1) is 0 Å². The van der Waals surface area contributed by atoms with Gasteiger partial charge in [-0.3, -0.25) is 0 Å². The maximum atomic E-state index is 5.80. The zero-order chi connectivity index (χ0) is 8.53. The summed E-state index contributed by atoms with van der Waals surface area (Å²) in [5, 5.41) is 3.22. The Kier molecular flexibility index (Phi) is 7.89. The van der Waals surface area contributed by atoms with Crippen LogP contribution in [0.2, 0.25) is 0 Å². The van der Waals surface area contributed by atoms with E-state index in [-0.39, 0.29) is 0 Å². The van der Waals surface area contributed by atoms with Crippen molar-refractivity contribution >= 4 is 0 Å². The van der Waals surface area contributed by atoms with Gasteiger partial charge < -0.3 is 16.8 Å². The number of hydrogen-bond acceptors (Lipinski definition) is 3. The topological polar surface area (TPSA) is 64.1 Å². The van der Waals surface area contributed by atoms with Gasteiger partial charge in [-0.05, 0) is 25.9 Å². The first kappa shape index (κ1) is 10.9. The summed E-state index contributed by atoms with van der Waals surface area (Å²) in [6.45, 7) is 4.81. The van der Waals surface area contributed by atoms with Crippen molar-refractivity contribution in [3.63, 3.8) is 0 Å². The van der Waals surface area contributed by atoms with Crippen molar-refractivity contribution in [1.29, 1.82) is 0 Å². The van der Waals surface area contributed by atoms with Crippen LogP contribution in [0.3, 0.4) is 0 Å². The van der Waals surface area contributed by atoms with E-state index in [0.29, 0.717) is 6.04 Å². The Morgan fingerprint density at radius 2 is 2.09 bits per heavy atom. The summed E-state index contributed by atoms with van der Waals surface area (Å²) in [6.07, 6.45) is 3.34. The Morgan fingerprint density at radius 3 is 2.64 bits per heavy atom. The highest BCUT2D eigenvalue weighted by Crippen LogP contribution is 1.96. The van der Waals surface area contributed by atoms with Crippen LogP contribution in [0.15, 0.2) is 0 Å². The average Bonchev–Trinajstić information content (AvgIpc) is 2.01. The number of unbranched alkanes of at least 4 members (excludes halogenated alkanes) is 1. The summed E-state index contributed by atoms with van der Waals surface area (Å²) >= 11 is 0. The minimum Gasteiger partial charge on any atom is -0.330 e. The first-order valence-electron chi connectivity index (χ1n) is 4.47. The molecule has 0 aliphatic carbocycles. The normalized spacial score (nSPS) is 13.4. The third-order valence-electron chi connectivity index (χ3n) is 1.69. The summed E-state index contributed by atoms with van der Waals surface area (Å²) in [7, 11) is 0. The molecule has 0 saturated heterocycles. The number of nitrogens with one attached hydrogen (secondary N) is 1. The van der Waals surface area contributed by atoms with E-state index >= 15 is 0 Å². The van der Waals surface area contributed by atoms with Crippen molar-refractivity contribution in [3.8, 4) is 0 Å². The predicted octanol–water partition coefficient (Wildman–Crippen LogP) is 0.0522. The standard InChI is InChI=1S/C8H21N3/c1-2-11-7-8(10)5-3-4-6-9/h8,11H,2-7,9-10H2,1H3. The maximum Gasteiger partial charge on any atom is 0.0165 e. The smallest absolute Gasteiger partial charge is 0.0165 e. The minimum absolute atomic E-state index is 0.307. The molecule has 3 nitrogen and oxygen atoms in total. The average molecular weight is 159 g/mol. The van der Waals surface area contributed by atoms with Crippen LogP contribution in [0.4, 0.5) is 0 Å². The lowest BCUT2D eigenvalue weighted by Crippen LogP contribution is -2.33.